The molecule has 12 heavy (non-hydrogen) atoms. The summed E-state index contributed by atoms with van der Waals surface area (Å²) in [6.45, 7) is 0. The molecule has 1 unspecified atom stereocenters. The Bertz CT molecular complexity index is 361. The van der Waals surface area contributed by atoms with E-state index < -0.39 is 10.7 Å². The summed E-state index contributed by atoms with van der Waals surface area (Å²) in [6.07, 6.45) is 1.67. The van der Waals surface area contributed by atoms with Crippen molar-refractivity contribution in [3.63, 3.8) is 0 Å². The third kappa shape index (κ3) is 1.14. The van der Waals surface area contributed by atoms with Crippen LogP contribution in [-0.4, -0.2) is 8.42 Å². The summed E-state index contributed by atoms with van der Waals surface area (Å²) < 4.78 is 21.6. The van der Waals surface area contributed by atoms with Gasteiger partial charge in [-0.1, -0.05) is 24.3 Å². The topological polar surface area (TPSA) is 34.1 Å². The zero-order valence-corrected chi connectivity index (χ0v) is 7.46. The van der Waals surface area contributed by atoms with Crippen LogP contribution in [0.25, 0.3) is 0 Å². The molecule has 0 fully saturated rings. The molecule has 0 saturated heterocycles. The Morgan fingerprint density at radius 1 is 1.25 bits per heavy atom. The molecule has 3 heteroatoms. The van der Waals surface area contributed by atoms with Gasteiger partial charge in [-0.05, 0) is 24.0 Å². The van der Waals surface area contributed by atoms with Gasteiger partial charge in [0.05, 0.1) is 5.25 Å². The second-order valence-electron chi connectivity index (χ2n) is 3.04. The van der Waals surface area contributed by atoms with Crippen LogP contribution in [-0.2, 0) is 17.1 Å². The van der Waals surface area contributed by atoms with Crippen LogP contribution in [0.3, 0.4) is 0 Å². The Morgan fingerprint density at radius 2 is 2.00 bits per heavy atom. The third-order valence-corrected chi connectivity index (χ3v) is 3.40. The largest absolute Gasteiger partial charge is 0.231 e. The van der Waals surface area contributed by atoms with Gasteiger partial charge in [-0.2, -0.15) is 0 Å². The Morgan fingerprint density at radius 3 is 2.75 bits per heavy atom. The fourth-order valence-electron chi connectivity index (χ4n) is 1.75. The first kappa shape index (κ1) is 7.80. The summed E-state index contributed by atoms with van der Waals surface area (Å²) in [7, 11) is -2.29. The van der Waals surface area contributed by atoms with Gasteiger partial charge in [-0.25, -0.2) is 8.42 Å². The fourth-order valence-corrected chi connectivity index (χ4v) is 2.57. The van der Waals surface area contributed by atoms with E-state index in [1.807, 2.05) is 24.3 Å². The molecule has 2 rings (SSSR count). The highest BCUT2D eigenvalue weighted by molar-refractivity contribution is 7.72. The maximum atomic E-state index is 10.8. The van der Waals surface area contributed by atoms with Gasteiger partial charge in [0.2, 0.25) is 0 Å². The highest BCUT2D eigenvalue weighted by Gasteiger charge is 2.23. The van der Waals surface area contributed by atoms with Gasteiger partial charge in [0.1, 0.15) is 10.7 Å². The summed E-state index contributed by atoms with van der Waals surface area (Å²) in [5.41, 5.74) is 2.20. The lowest BCUT2D eigenvalue weighted by atomic mass is 10.1. The maximum absolute atomic E-state index is 10.8. The quantitative estimate of drug-likeness (QED) is 0.664. The SMILES string of the molecule is O=[SH](=O)C1CCc2ccccc21. The Balaban J connectivity index is 2.49. The molecule has 64 valence electrons. The van der Waals surface area contributed by atoms with Crippen molar-refractivity contribution in [2.24, 2.45) is 0 Å². The Kier molecular flexibility index (Phi) is 1.89. The van der Waals surface area contributed by atoms with Gasteiger partial charge in [0, 0.05) is 0 Å². The molecule has 1 aromatic rings. The fraction of sp³-hybridized carbons (Fsp3) is 0.333. The van der Waals surface area contributed by atoms with Gasteiger partial charge in [-0.3, -0.25) is 0 Å². The average molecular weight is 182 g/mol. The second kappa shape index (κ2) is 2.90. The summed E-state index contributed by atoms with van der Waals surface area (Å²) >= 11 is 0. The number of aryl methyl sites for hydroxylation is 1. The van der Waals surface area contributed by atoms with E-state index in [0.717, 1.165) is 18.4 Å². The molecule has 0 spiro atoms. The minimum Gasteiger partial charge on any atom is -0.231 e. The molecule has 0 aliphatic heterocycles. The molecule has 0 N–H and O–H groups in total. The summed E-state index contributed by atoms with van der Waals surface area (Å²) in [4.78, 5) is 0. The van der Waals surface area contributed by atoms with Crippen LogP contribution in [0.2, 0.25) is 0 Å². The van der Waals surface area contributed by atoms with Gasteiger partial charge in [0.15, 0.2) is 0 Å². The molecule has 1 aromatic carbocycles. The second-order valence-corrected chi connectivity index (χ2v) is 4.23. The highest BCUT2D eigenvalue weighted by Crippen LogP contribution is 2.32. The van der Waals surface area contributed by atoms with Gasteiger partial charge < -0.3 is 0 Å². The van der Waals surface area contributed by atoms with Crippen LogP contribution in [0.1, 0.15) is 22.8 Å². The van der Waals surface area contributed by atoms with E-state index in [9.17, 15) is 8.42 Å². The predicted octanol–water partition coefficient (Wildman–Crippen LogP) is 1.29. The molecular weight excluding hydrogens is 172 g/mol. The molecule has 2 nitrogen and oxygen atoms in total. The number of rotatable bonds is 1. The lowest BCUT2D eigenvalue weighted by Gasteiger charge is -2.01. The molecule has 1 atom stereocenters. The monoisotopic (exact) mass is 182 g/mol. The molecule has 0 aromatic heterocycles. The molecule has 0 bridgehead atoms. The molecule has 0 radical (unpaired) electrons. The normalized spacial score (nSPS) is 21.2. The van der Waals surface area contributed by atoms with Gasteiger partial charge in [0.25, 0.3) is 0 Å². The smallest absolute Gasteiger partial charge is 0.147 e. The standard InChI is InChI=1S/C9H10O2S/c10-12(11)9-6-5-7-3-1-2-4-8(7)9/h1-4,9,12H,5-6H2. The van der Waals surface area contributed by atoms with E-state index in [4.69, 9.17) is 0 Å². The predicted molar refractivity (Wildman–Crippen MR) is 47.8 cm³/mol. The van der Waals surface area contributed by atoms with Crippen LogP contribution in [0.4, 0.5) is 0 Å². The lowest BCUT2D eigenvalue weighted by Crippen LogP contribution is -1.93. The Labute approximate surface area is 73.2 Å². The first-order valence-electron chi connectivity index (χ1n) is 4.00. The van der Waals surface area contributed by atoms with Gasteiger partial charge >= 0.3 is 0 Å². The third-order valence-electron chi connectivity index (χ3n) is 2.36. The molecule has 0 saturated carbocycles. The van der Waals surface area contributed by atoms with E-state index >= 15 is 0 Å². The lowest BCUT2D eigenvalue weighted by molar-refractivity contribution is 0.601. The van der Waals surface area contributed by atoms with Crippen molar-refractivity contribution in [2.45, 2.75) is 18.1 Å². The van der Waals surface area contributed by atoms with Crippen LogP contribution in [0, 0.1) is 0 Å². The molecule has 0 heterocycles. The number of hydrogen-bond donors (Lipinski definition) is 1. The van der Waals surface area contributed by atoms with Crippen molar-refractivity contribution < 1.29 is 8.42 Å². The van der Waals surface area contributed by atoms with Crippen molar-refractivity contribution in [2.75, 3.05) is 0 Å². The number of fused-ring (bicyclic) bond motifs is 1. The number of thiol groups is 1. The first-order chi connectivity index (χ1) is 5.79. The minimum absolute atomic E-state index is 0.226. The zero-order valence-electron chi connectivity index (χ0n) is 6.56. The van der Waals surface area contributed by atoms with Gasteiger partial charge in [-0.15, -0.1) is 0 Å². The van der Waals surface area contributed by atoms with Crippen LogP contribution in [0.15, 0.2) is 24.3 Å². The van der Waals surface area contributed by atoms with E-state index in [1.165, 1.54) is 5.56 Å². The van der Waals surface area contributed by atoms with Crippen molar-refractivity contribution in [3.8, 4) is 0 Å². The van der Waals surface area contributed by atoms with Crippen LogP contribution in [0.5, 0.6) is 0 Å². The maximum Gasteiger partial charge on any atom is 0.147 e. The van der Waals surface area contributed by atoms with Crippen LogP contribution >= 0.6 is 0 Å². The van der Waals surface area contributed by atoms with Crippen molar-refractivity contribution in [1.29, 1.82) is 0 Å². The van der Waals surface area contributed by atoms with Crippen molar-refractivity contribution in [3.05, 3.63) is 35.4 Å². The van der Waals surface area contributed by atoms with E-state index in [0.29, 0.717) is 0 Å². The average Bonchev–Trinajstić information content (AvgIpc) is 2.47. The molecule has 0 amide bonds. The number of benzene rings is 1. The number of hydrogen-bond acceptors (Lipinski definition) is 2. The van der Waals surface area contributed by atoms with E-state index in [2.05, 4.69) is 0 Å². The van der Waals surface area contributed by atoms with Crippen molar-refractivity contribution >= 4 is 10.7 Å². The zero-order chi connectivity index (χ0) is 8.55. The van der Waals surface area contributed by atoms with E-state index in [1.54, 1.807) is 0 Å². The summed E-state index contributed by atoms with van der Waals surface area (Å²) in [5.74, 6) is 0. The molecular formula is C9H10O2S. The highest BCUT2D eigenvalue weighted by atomic mass is 32.2. The van der Waals surface area contributed by atoms with E-state index in [-0.39, 0.29) is 5.25 Å². The van der Waals surface area contributed by atoms with Crippen molar-refractivity contribution in [1.82, 2.24) is 0 Å². The first-order valence-corrected chi connectivity index (χ1v) is 5.25. The summed E-state index contributed by atoms with van der Waals surface area (Å²) in [5, 5.41) is -0.226. The van der Waals surface area contributed by atoms with Crippen LogP contribution < -0.4 is 0 Å². The molecule has 1 aliphatic carbocycles. The Hall–Kier alpha value is -0.830. The summed E-state index contributed by atoms with van der Waals surface area (Å²) in [6, 6.07) is 7.78. The minimum atomic E-state index is -2.29. The molecule has 1 aliphatic rings.